The SMILES string of the molecule is NCc1ccccc1OCC(O)COCC1CCCCO1. The molecule has 0 radical (unpaired) electrons. The molecule has 0 amide bonds. The first-order valence-corrected chi connectivity index (χ1v) is 7.57. The molecule has 0 spiro atoms. The normalized spacial score (nSPS) is 20.2. The van der Waals surface area contributed by atoms with Crippen LogP contribution in [0.4, 0.5) is 0 Å². The number of aliphatic hydroxyl groups is 1. The van der Waals surface area contributed by atoms with E-state index in [9.17, 15) is 5.11 Å². The summed E-state index contributed by atoms with van der Waals surface area (Å²) in [4.78, 5) is 0. The average molecular weight is 295 g/mol. The minimum absolute atomic E-state index is 0.171. The number of nitrogens with two attached hydrogens (primary N) is 1. The first kappa shape index (κ1) is 16.2. The fraction of sp³-hybridized carbons (Fsp3) is 0.625. The summed E-state index contributed by atoms with van der Waals surface area (Å²) in [7, 11) is 0. The van der Waals surface area contributed by atoms with Crippen LogP contribution in [0.1, 0.15) is 24.8 Å². The van der Waals surface area contributed by atoms with Crippen molar-refractivity contribution < 1.29 is 19.3 Å². The van der Waals surface area contributed by atoms with Crippen molar-refractivity contribution in [3.05, 3.63) is 29.8 Å². The van der Waals surface area contributed by atoms with E-state index in [4.69, 9.17) is 19.9 Å². The lowest BCUT2D eigenvalue weighted by atomic mass is 10.1. The Morgan fingerprint density at radius 2 is 2.14 bits per heavy atom. The molecule has 1 aromatic rings. The summed E-state index contributed by atoms with van der Waals surface area (Å²) < 4.78 is 16.7. The van der Waals surface area contributed by atoms with Crippen LogP contribution in [0.5, 0.6) is 5.75 Å². The van der Waals surface area contributed by atoms with Gasteiger partial charge in [-0.3, -0.25) is 0 Å². The van der Waals surface area contributed by atoms with E-state index in [1.807, 2.05) is 24.3 Å². The van der Waals surface area contributed by atoms with Gasteiger partial charge in [-0.15, -0.1) is 0 Å². The molecule has 2 unspecified atom stereocenters. The molecule has 1 aliphatic heterocycles. The Kier molecular flexibility index (Phi) is 6.95. The van der Waals surface area contributed by atoms with Crippen molar-refractivity contribution in [3.8, 4) is 5.75 Å². The molecule has 1 heterocycles. The fourth-order valence-corrected chi connectivity index (χ4v) is 2.32. The molecule has 0 aromatic heterocycles. The van der Waals surface area contributed by atoms with Gasteiger partial charge in [0.05, 0.1) is 19.3 Å². The number of hydrogen-bond donors (Lipinski definition) is 2. The first-order valence-electron chi connectivity index (χ1n) is 7.57. The molecule has 118 valence electrons. The number of aliphatic hydroxyl groups excluding tert-OH is 1. The molecule has 1 fully saturated rings. The quantitative estimate of drug-likeness (QED) is 0.760. The van der Waals surface area contributed by atoms with Gasteiger partial charge in [-0.2, -0.15) is 0 Å². The third-order valence-corrected chi connectivity index (χ3v) is 3.51. The molecule has 2 atom stereocenters. The second-order valence-electron chi connectivity index (χ2n) is 5.30. The molecule has 0 aliphatic carbocycles. The van der Waals surface area contributed by atoms with E-state index in [0.717, 1.165) is 30.8 Å². The Hall–Kier alpha value is -1.14. The number of hydrogen-bond acceptors (Lipinski definition) is 5. The van der Waals surface area contributed by atoms with Crippen LogP contribution in [-0.2, 0) is 16.0 Å². The van der Waals surface area contributed by atoms with Gasteiger partial charge >= 0.3 is 0 Å². The highest BCUT2D eigenvalue weighted by molar-refractivity contribution is 5.32. The van der Waals surface area contributed by atoms with E-state index in [1.165, 1.54) is 6.42 Å². The number of para-hydroxylation sites is 1. The molecule has 1 aromatic carbocycles. The monoisotopic (exact) mass is 295 g/mol. The van der Waals surface area contributed by atoms with Gasteiger partial charge in [0.2, 0.25) is 0 Å². The van der Waals surface area contributed by atoms with Gasteiger partial charge in [-0.05, 0) is 25.3 Å². The molecule has 21 heavy (non-hydrogen) atoms. The second-order valence-corrected chi connectivity index (χ2v) is 5.30. The third-order valence-electron chi connectivity index (χ3n) is 3.51. The molecule has 3 N–H and O–H groups in total. The van der Waals surface area contributed by atoms with E-state index >= 15 is 0 Å². The highest BCUT2D eigenvalue weighted by Crippen LogP contribution is 2.17. The van der Waals surface area contributed by atoms with E-state index < -0.39 is 6.10 Å². The summed E-state index contributed by atoms with van der Waals surface area (Å²) in [5.41, 5.74) is 6.57. The van der Waals surface area contributed by atoms with Crippen LogP contribution in [0.15, 0.2) is 24.3 Å². The maximum Gasteiger partial charge on any atom is 0.123 e. The fourth-order valence-electron chi connectivity index (χ4n) is 2.32. The minimum atomic E-state index is -0.653. The summed E-state index contributed by atoms with van der Waals surface area (Å²) in [5.74, 6) is 0.717. The lowest BCUT2D eigenvalue weighted by molar-refractivity contribution is -0.0618. The highest BCUT2D eigenvalue weighted by Gasteiger charge is 2.15. The minimum Gasteiger partial charge on any atom is -0.490 e. The average Bonchev–Trinajstić information content (AvgIpc) is 2.54. The lowest BCUT2D eigenvalue weighted by Gasteiger charge is -2.23. The Balaban J connectivity index is 1.63. The van der Waals surface area contributed by atoms with Crippen LogP contribution in [0.3, 0.4) is 0 Å². The number of benzene rings is 1. The summed E-state index contributed by atoms with van der Waals surface area (Å²) in [6.07, 6.45) is 2.88. The van der Waals surface area contributed by atoms with Gasteiger partial charge in [0.25, 0.3) is 0 Å². The van der Waals surface area contributed by atoms with Crippen LogP contribution in [0.25, 0.3) is 0 Å². The molecule has 5 heteroatoms. The van der Waals surface area contributed by atoms with E-state index in [2.05, 4.69) is 0 Å². The Morgan fingerprint density at radius 3 is 2.90 bits per heavy atom. The summed E-state index contributed by atoms with van der Waals surface area (Å²) in [6.45, 7) is 2.22. The maximum absolute atomic E-state index is 9.88. The van der Waals surface area contributed by atoms with Gasteiger partial charge in [-0.1, -0.05) is 18.2 Å². The topological polar surface area (TPSA) is 73.9 Å². The molecule has 0 saturated carbocycles. The van der Waals surface area contributed by atoms with Gasteiger partial charge in [0, 0.05) is 18.7 Å². The standard InChI is InChI=1S/C16H25NO4/c17-9-13-5-1-2-7-16(13)21-11-14(18)10-19-12-15-6-3-4-8-20-15/h1-2,5,7,14-15,18H,3-4,6,8-12,17H2. The van der Waals surface area contributed by atoms with E-state index in [0.29, 0.717) is 13.2 Å². The predicted molar refractivity (Wildman–Crippen MR) is 80.2 cm³/mol. The van der Waals surface area contributed by atoms with Crippen LogP contribution in [0, 0.1) is 0 Å². The van der Waals surface area contributed by atoms with Crippen LogP contribution in [0.2, 0.25) is 0 Å². The first-order chi connectivity index (χ1) is 10.3. The lowest BCUT2D eigenvalue weighted by Crippen LogP contribution is -2.29. The van der Waals surface area contributed by atoms with Crippen molar-refractivity contribution >= 4 is 0 Å². The van der Waals surface area contributed by atoms with Crippen LogP contribution >= 0.6 is 0 Å². The zero-order valence-electron chi connectivity index (χ0n) is 12.4. The number of rotatable bonds is 8. The van der Waals surface area contributed by atoms with Crippen molar-refractivity contribution in [2.24, 2.45) is 5.73 Å². The maximum atomic E-state index is 9.88. The predicted octanol–water partition coefficient (Wildman–Crippen LogP) is 1.47. The smallest absolute Gasteiger partial charge is 0.123 e. The zero-order valence-corrected chi connectivity index (χ0v) is 12.4. The Bertz CT molecular complexity index is 407. The summed E-state index contributed by atoms with van der Waals surface area (Å²) in [5, 5.41) is 9.88. The number of ether oxygens (including phenoxy) is 3. The van der Waals surface area contributed by atoms with Gasteiger partial charge in [0.15, 0.2) is 0 Å². The molecule has 0 bridgehead atoms. The molecular formula is C16H25NO4. The van der Waals surface area contributed by atoms with Crippen molar-refractivity contribution in [1.82, 2.24) is 0 Å². The van der Waals surface area contributed by atoms with E-state index in [1.54, 1.807) is 0 Å². The van der Waals surface area contributed by atoms with Crippen LogP contribution in [-0.4, -0.2) is 43.7 Å². The second kappa shape index (κ2) is 9.00. The Morgan fingerprint density at radius 1 is 1.29 bits per heavy atom. The summed E-state index contributed by atoms with van der Waals surface area (Å²) in [6, 6.07) is 7.57. The van der Waals surface area contributed by atoms with Gasteiger partial charge < -0.3 is 25.1 Å². The molecule has 1 saturated heterocycles. The molecule has 2 rings (SSSR count). The van der Waals surface area contributed by atoms with Crippen molar-refractivity contribution in [2.75, 3.05) is 26.4 Å². The zero-order chi connectivity index (χ0) is 14.9. The van der Waals surface area contributed by atoms with Crippen molar-refractivity contribution in [2.45, 2.75) is 38.0 Å². The largest absolute Gasteiger partial charge is 0.490 e. The molecular weight excluding hydrogens is 270 g/mol. The third kappa shape index (κ3) is 5.63. The molecule has 1 aliphatic rings. The van der Waals surface area contributed by atoms with Gasteiger partial charge in [-0.25, -0.2) is 0 Å². The van der Waals surface area contributed by atoms with Gasteiger partial charge in [0.1, 0.15) is 18.5 Å². The highest BCUT2D eigenvalue weighted by atomic mass is 16.5. The van der Waals surface area contributed by atoms with Crippen molar-refractivity contribution in [3.63, 3.8) is 0 Å². The Labute approximate surface area is 126 Å². The van der Waals surface area contributed by atoms with Crippen LogP contribution < -0.4 is 10.5 Å². The van der Waals surface area contributed by atoms with Crippen molar-refractivity contribution in [1.29, 1.82) is 0 Å². The van der Waals surface area contributed by atoms with E-state index in [-0.39, 0.29) is 19.3 Å². The molecule has 5 nitrogen and oxygen atoms in total. The summed E-state index contributed by atoms with van der Waals surface area (Å²) >= 11 is 0.